The summed E-state index contributed by atoms with van der Waals surface area (Å²) >= 11 is 6.38. The van der Waals surface area contributed by atoms with E-state index in [0.717, 1.165) is 7.11 Å². The minimum absolute atomic E-state index is 0.0170. The Morgan fingerprint density at radius 1 is 1.11 bits per heavy atom. The van der Waals surface area contributed by atoms with Crippen LogP contribution in [-0.4, -0.2) is 66.0 Å². The number of benzene rings is 3. The van der Waals surface area contributed by atoms with Crippen LogP contribution in [0.5, 0.6) is 11.5 Å². The van der Waals surface area contributed by atoms with Crippen LogP contribution < -0.4 is 19.5 Å². The van der Waals surface area contributed by atoms with Crippen LogP contribution in [-0.2, 0) is 40.8 Å². The van der Waals surface area contributed by atoms with E-state index in [4.69, 9.17) is 16.3 Å². The zero-order valence-corrected chi connectivity index (χ0v) is 25.5. The number of nitrogens with one attached hydrogen (secondary N) is 3. The molecule has 0 bridgehead atoms. The smallest absolute Gasteiger partial charge is 0.345 e. The average Bonchev–Trinajstić information content (AvgIpc) is 3.26. The summed E-state index contributed by atoms with van der Waals surface area (Å²) in [5.74, 6) is -2.53. The molecule has 4 N–H and O–H groups in total. The van der Waals surface area contributed by atoms with Crippen LogP contribution in [0.3, 0.4) is 0 Å². The zero-order valence-electron chi connectivity index (χ0n) is 23.1. The van der Waals surface area contributed by atoms with Crippen LogP contribution in [0, 0.1) is 0 Å². The van der Waals surface area contributed by atoms with E-state index in [1.165, 1.54) is 60.7 Å². The van der Waals surface area contributed by atoms with Gasteiger partial charge in [-0.1, -0.05) is 48.0 Å². The summed E-state index contributed by atoms with van der Waals surface area (Å²) in [5.41, 5.74) is 0.402. The number of ether oxygens (including phenoxy) is 2. The van der Waals surface area contributed by atoms with Gasteiger partial charge >= 0.3 is 5.97 Å². The SMILES string of the molecule is COC(=O)c1c(O)cccc1OCCNC(=O)C(Cc1ccc(C2CC(=O)NS2(=O)=O)c(Cl)c1)NS(=O)(=O)c1ccccc1. The number of halogens is 1. The minimum atomic E-state index is -4.15. The topological polar surface area (TPSA) is 194 Å². The fraction of sp³-hybridized carbons (Fsp3) is 0.250. The van der Waals surface area contributed by atoms with Crippen molar-refractivity contribution in [3.05, 3.63) is 88.4 Å². The van der Waals surface area contributed by atoms with Gasteiger partial charge in [-0.2, -0.15) is 4.72 Å². The van der Waals surface area contributed by atoms with Gasteiger partial charge < -0.3 is 19.9 Å². The molecule has 1 heterocycles. The molecule has 1 aliphatic rings. The van der Waals surface area contributed by atoms with E-state index < -0.39 is 49.1 Å². The second-order valence-corrected chi connectivity index (χ2v) is 13.6. The van der Waals surface area contributed by atoms with E-state index in [9.17, 15) is 36.3 Å². The number of hydrogen-bond donors (Lipinski definition) is 4. The molecule has 1 aliphatic heterocycles. The second-order valence-electron chi connectivity index (χ2n) is 9.59. The van der Waals surface area contributed by atoms with Gasteiger partial charge in [-0.25, -0.2) is 21.6 Å². The number of methoxy groups -OCH3 is 1. The quantitative estimate of drug-likeness (QED) is 0.164. The Labute approximate surface area is 258 Å². The van der Waals surface area contributed by atoms with Crippen LogP contribution in [0.15, 0.2) is 71.6 Å². The molecule has 13 nitrogen and oxygen atoms in total. The van der Waals surface area contributed by atoms with Crippen LogP contribution in [0.2, 0.25) is 5.02 Å². The molecule has 1 saturated heterocycles. The van der Waals surface area contributed by atoms with Gasteiger partial charge in [-0.15, -0.1) is 0 Å². The highest BCUT2D eigenvalue weighted by molar-refractivity contribution is 7.90. The highest BCUT2D eigenvalue weighted by Gasteiger charge is 2.39. The summed E-state index contributed by atoms with van der Waals surface area (Å²) in [6, 6.07) is 14.6. The van der Waals surface area contributed by atoms with Gasteiger partial charge in [0, 0.05) is 5.02 Å². The van der Waals surface area contributed by atoms with E-state index in [1.54, 1.807) is 6.07 Å². The van der Waals surface area contributed by atoms with Gasteiger partial charge in [0.05, 0.1) is 25.0 Å². The van der Waals surface area contributed by atoms with Gasteiger partial charge in [0.2, 0.25) is 31.9 Å². The summed E-state index contributed by atoms with van der Waals surface area (Å²) in [5, 5.41) is 11.4. The summed E-state index contributed by atoms with van der Waals surface area (Å²) in [7, 11) is -6.96. The zero-order chi connectivity index (χ0) is 32.1. The van der Waals surface area contributed by atoms with Gasteiger partial charge in [0.15, 0.2) is 0 Å². The maximum absolute atomic E-state index is 13.3. The first-order valence-corrected chi connectivity index (χ1v) is 16.4. The Hall–Kier alpha value is -4.18. The number of phenols is 1. The van der Waals surface area contributed by atoms with Crippen molar-refractivity contribution in [2.24, 2.45) is 0 Å². The Morgan fingerprint density at radius 2 is 1.84 bits per heavy atom. The summed E-state index contributed by atoms with van der Waals surface area (Å²) < 4.78 is 65.3. The van der Waals surface area contributed by atoms with Crippen LogP contribution in [0.4, 0.5) is 0 Å². The first-order chi connectivity index (χ1) is 20.8. The molecule has 3 aromatic carbocycles. The molecular formula is C28H28ClN3O10S2. The lowest BCUT2D eigenvalue weighted by Gasteiger charge is -2.20. The van der Waals surface area contributed by atoms with E-state index in [-0.39, 0.29) is 58.5 Å². The first-order valence-electron chi connectivity index (χ1n) is 13.0. The van der Waals surface area contributed by atoms with Crippen molar-refractivity contribution in [3.63, 3.8) is 0 Å². The average molecular weight is 666 g/mol. The van der Waals surface area contributed by atoms with Gasteiger partial charge in [-0.05, 0) is 47.9 Å². The highest BCUT2D eigenvalue weighted by Crippen LogP contribution is 2.35. The van der Waals surface area contributed by atoms with Crippen molar-refractivity contribution in [1.82, 2.24) is 14.8 Å². The van der Waals surface area contributed by atoms with Crippen LogP contribution in [0.25, 0.3) is 0 Å². The number of carbonyl (C=O) groups excluding carboxylic acids is 3. The van der Waals surface area contributed by atoms with E-state index in [0.29, 0.717) is 5.56 Å². The largest absolute Gasteiger partial charge is 0.507 e. The van der Waals surface area contributed by atoms with Crippen LogP contribution >= 0.6 is 11.6 Å². The Morgan fingerprint density at radius 3 is 2.48 bits per heavy atom. The monoisotopic (exact) mass is 665 g/mol. The Bertz CT molecular complexity index is 1780. The van der Waals surface area contributed by atoms with Crippen molar-refractivity contribution in [3.8, 4) is 11.5 Å². The molecule has 1 fully saturated rings. The molecule has 0 spiro atoms. The molecule has 0 aliphatic carbocycles. The molecule has 0 aromatic heterocycles. The third-order valence-electron chi connectivity index (χ3n) is 6.57. The standard InChI is InChI=1S/C28H28ClN3O10S2/c1-41-28(36)26-22(33)8-5-9-23(26)42-13-12-30-27(35)21(31-43(37,38)18-6-3-2-4-7-18)15-17-10-11-19(20(29)14-17)24-16-25(34)32-44(24,39)40/h2-11,14,21,24,31,33H,12-13,15-16H2,1H3,(H,30,35)(H,32,34). The van der Waals surface area contributed by atoms with Crippen LogP contribution in [0.1, 0.15) is 33.2 Å². The number of rotatable bonds is 12. The summed E-state index contributed by atoms with van der Waals surface area (Å²) in [6.07, 6.45) is -0.471. The lowest BCUT2D eigenvalue weighted by Crippen LogP contribution is -2.48. The van der Waals surface area contributed by atoms with Crippen molar-refractivity contribution < 1.29 is 45.8 Å². The Kier molecular flexibility index (Phi) is 10.1. The van der Waals surface area contributed by atoms with Crippen molar-refractivity contribution in [2.45, 2.75) is 29.0 Å². The van der Waals surface area contributed by atoms with E-state index in [2.05, 4.69) is 14.8 Å². The Balaban J connectivity index is 1.51. The van der Waals surface area contributed by atoms with Crippen molar-refractivity contribution in [2.75, 3.05) is 20.3 Å². The van der Waals surface area contributed by atoms with E-state index in [1.807, 2.05) is 4.72 Å². The van der Waals surface area contributed by atoms with Gasteiger partial charge in [-0.3, -0.25) is 14.3 Å². The molecule has 16 heteroatoms. The first kappa shape index (κ1) is 32.7. The number of aromatic hydroxyl groups is 1. The van der Waals surface area contributed by atoms with Crippen molar-refractivity contribution in [1.29, 1.82) is 0 Å². The fourth-order valence-electron chi connectivity index (χ4n) is 4.47. The molecule has 2 atom stereocenters. The predicted molar refractivity (Wildman–Crippen MR) is 158 cm³/mol. The lowest BCUT2D eigenvalue weighted by molar-refractivity contribution is -0.123. The maximum Gasteiger partial charge on any atom is 0.345 e. The predicted octanol–water partition coefficient (Wildman–Crippen LogP) is 1.81. The summed E-state index contributed by atoms with van der Waals surface area (Å²) in [6.45, 7) is -0.264. The number of hydrogen-bond acceptors (Lipinski definition) is 10. The van der Waals surface area contributed by atoms with Gasteiger partial charge in [0.1, 0.15) is 35.0 Å². The number of phenolic OH excluding ortho intramolecular Hbond substituents is 1. The minimum Gasteiger partial charge on any atom is -0.507 e. The van der Waals surface area contributed by atoms with Gasteiger partial charge in [0.25, 0.3) is 0 Å². The molecule has 0 radical (unpaired) electrons. The molecule has 4 rings (SSSR count). The van der Waals surface area contributed by atoms with E-state index >= 15 is 0 Å². The number of amides is 2. The highest BCUT2D eigenvalue weighted by atomic mass is 35.5. The summed E-state index contributed by atoms with van der Waals surface area (Å²) in [4.78, 5) is 36.9. The normalized spacial score (nSPS) is 16.5. The number of carbonyl (C=O) groups is 3. The lowest BCUT2D eigenvalue weighted by atomic mass is 10.0. The number of esters is 1. The molecule has 234 valence electrons. The second kappa shape index (κ2) is 13.6. The maximum atomic E-state index is 13.3. The molecule has 44 heavy (non-hydrogen) atoms. The molecule has 2 unspecified atom stereocenters. The number of sulfonamides is 2. The van der Waals surface area contributed by atoms with Crippen molar-refractivity contribution >= 4 is 49.4 Å². The third-order valence-corrected chi connectivity index (χ3v) is 10.1. The molecule has 3 aromatic rings. The molecular weight excluding hydrogens is 638 g/mol. The fourth-order valence-corrected chi connectivity index (χ4v) is 7.54. The molecule has 2 amide bonds. The molecule has 0 saturated carbocycles. The third kappa shape index (κ3) is 7.66.